The maximum atomic E-state index is 11.9. The number of carboxylic acid groups (broad SMARTS) is 1. The third-order valence-electron chi connectivity index (χ3n) is 2.48. The molecule has 0 fully saturated rings. The number of nitrogens with one attached hydrogen (secondary N) is 2. The number of aromatic carboxylic acids is 1. The number of carboxylic acids is 1. The van der Waals surface area contributed by atoms with Gasteiger partial charge in [-0.25, -0.2) is 4.79 Å². The third kappa shape index (κ3) is 2.74. The van der Waals surface area contributed by atoms with E-state index in [0.717, 1.165) is 0 Å². The Bertz CT molecular complexity index is 651. The molecule has 1 heterocycles. The van der Waals surface area contributed by atoms with E-state index in [1.54, 1.807) is 25.1 Å². The van der Waals surface area contributed by atoms with Gasteiger partial charge in [-0.3, -0.25) is 9.89 Å². The van der Waals surface area contributed by atoms with Crippen molar-refractivity contribution in [2.45, 2.75) is 6.92 Å². The molecule has 0 bridgehead atoms. The first-order valence-electron chi connectivity index (χ1n) is 5.34. The first-order valence-corrected chi connectivity index (χ1v) is 5.72. The Kier molecular flexibility index (Phi) is 3.52. The summed E-state index contributed by atoms with van der Waals surface area (Å²) in [4.78, 5) is 23.0. The summed E-state index contributed by atoms with van der Waals surface area (Å²) in [6.07, 6.45) is 0. The monoisotopic (exact) mass is 279 g/mol. The van der Waals surface area contributed by atoms with Crippen LogP contribution in [0.25, 0.3) is 0 Å². The maximum absolute atomic E-state index is 11.9. The Morgan fingerprint density at radius 2 is 2.16 bits per heavy atom. The lowest BCUT2D eigenvalue weighted by Gasteiger charge is -2.03. The van der Waals surface area contributed by atoms with E-state index in [0.29, 0.717) is 16.3 Å². The number of rotatable bonds is 3. The maximum Gasteiger partial charge on any atom is 0.341 e. The molecule has 0 saturated carbocycles. The number of benzene rings is 1. The van der Waals surface area contributed by atoms with Crippen LogP contribution in [-0.4, -0.2) is 27.2 Å². The number of carbonyl (C=O) groups excluding carboxylic acids is 1. The van der Waals surface area contributed by atoms with E-state index in [9.17, 15) is 9.59 Å². The van der Waals surface area contributed by atoms with Crippen LogP contribution in [0.5, 0.6) is 0 Å². The van der Waals surface area contributed by atoms with Crippen LogP contribution in [0.2, 0.25) is 5.02 Å². The second-order valence-corrected chi connectivity index (χ2v) is 4.28. The normalized spacial score (nSPS) is 10.2. The number of hydrogen-bond acceptors (Lipinski definition) is 3. The van der Waals surface area contributed by atoms with Crippen LogP contribution in [-0.2, 0) is 0 Å². The molecule has 19 heavy (non-hydrogen) atoms. The number of carbonyl (C=O) groups is 2. The number of halogens is 1. The van der Waals surface area contributed by atoms with Crippen molar-refractivity contribution in [2.75, 3.05) is 5.32 Å². The average Bonchev–Trinajstić information content (AvgIpc) is 2.70. The number of amides is 1. The zero-order valence-corrected chi connectivity index (χ0v) is 10.7. The topological polar surface area (TPSA) is 95.1 Å². The molecular weight excluding hydrogens is 270 g/mol. The zero-order chi connectivity index (χ0) is 14.0. The Hall–Kier alpha value is -2.34. The molecule has 0 aliphatic rings. The summed E-state index contributed by atoms with van der Waals surface area (Å²) in [7, 11) is 0. The van der Waals surface area contributed by atoms with Crippen LogP contribution in [0, 0.1) is 6.92 Å². The molecule has 2 aromatic rings. The van der Waals surface area contributed by atoms with Gasteiger partial charge in [-0.05, 0) is 25.1 Å². The van der Waals surface area contributed by atoms with E-state index in [4.69, 9.17) is 16.7 Å². The standard InChI is InChI=1S/C12H10ClN3O3/c1-6-9(12(18)19)10(16-15-6)14-11(17)7-3-2-4-8(13)5-7/h2-5H,1H3,(H,18,19)(H2,14,15,16,17). The average molecular weight is 280 g/mol. The second-order valence-electron chi connectivity index (χ2n) is 3.84. The van der Waals surface area contributed by atoms with Gasteiger partial charge in [-0.15, -0.1) is 0 Å². The smallest absolute Gasteiger partial charge is 0.341 e. The van der Waals surface area contributed by atoms with Crippen molar-refractivity contribution in [3.63, 3.8) is 0 Å². The van der Waals surface area contributed by atoms with Gasteiger partial charge in [0.2, 0.25) is 0 Å². The zero-order valence-electron chi connectivity index (χ0n) is 9.90. The van der Waals surface area contributed by atoms with E-state index < -0.39 is 11.9 Å². The molecule has 0 spiro atoms. The van der Waals surface area contributed by atoms with Crippen LogP contribution in [0.1, 0.15) is 26.4 Å². The minimum Gasteiger partial charge on any atom is -0.477 e. The largest absolute Gasteiger partial charge is 0.477 e. The van der Waals surface area contributed by atoms with E-state index in [-0.39, 0.29) is 11.4 Å². The van der Waals surface area contributed by atoms with Crippen molar-refractivity contribution in [1.29, 1.82) is 0 Å². The first-order chi connectivity index (χ1) is 8.99. The molecular formula is C12H10ClN3O3. The van der Waals surface area contributed by atoms with Gasteiger partial charge in [-0.2, -0.15) is 5.10 Å². The highest BCUT2D eigenvalue weighted by atomic mass is 35.5. The molecule has 0 atom stereocenters. The lowest BCUT2D eigenvalue weighted by atomic mass is 10.2. The Morgan fingerprint density at radius 3 is 2.79 bits per heavy atom. The van der Waals surface area contributed by atoms with Crippen molar-refractivity contribution < 1.29 is 14.7 Å². The van der Waals surface area contributed by atoms with Crippen molar-refractivity contribution in [2.24, 2.45) is 0 Å². The fraction of sp³-hybridized carbons (Fsp3) is 0.0833. The molecule has 0 radical (unpaired) electrons. The highest BCUT2D eigenvalue weighted by Crippen LogP contribution is 2.17. The molecule has 0 aliphatic carbocycles. The molecule has 0 aliphatic heterocycles. The van der Waals surface area contributed by atoms with E-state index in [1.165, 1.54) is 6.07 Å². The Balaban J connectivity index is 2.27. The molecule has 7 heteroatoms. The lowest BCUT2D eigenvalue weighted by molar-refractivity contribution is 0.0697. The molecule has 1 aromatic heterocycles. The molecule has 1 amide bonds. The quantitative estimate of drug-likeness (QED) is 0.803. The van der Waals surface area contributed by atoms with E-state index >= 15 is 0 Å². The lowest BCUT2D eigenvalue weighted by Crippen LogP contribution is -2.14. The number of aromatic amines is 1. The fourth-order valence-electron chi connectivity index (χ4n) is 1.59. The van der Waals surface area contributed by atoms with Gasteiger partial charge in [0.25, 0.3) is 5.91 Å². The summed E-state index contributed by atoms with van der Waals surface area (Å²) in [5.74, 6) is -1.65. The van der Waals surface area contributed by atoms with Gasteiger partial charge >= 0.3 is 5.97 Å². The summed E-state index contributed by atoms with van der Waals surface area (Å²) in [5.41, 5.74) is 0.633. The number of H-pyrrole nitrogens is 1. The minimum absolute atomic E-state index is 0.0185. The van der Waals surface area contributed by atoms with Crippen LogP contribution >= 0.6 is 11.6 Å². The molecule has 98 valence electrons. The highest BCUT2D eigenvalue weighted by molar-refractivity contribution is 6.31. The van der Waals surface area contributed by atoms with Gasteiger partial charge in [0, 0.05) is 16.3 Å². The van der Waals surface area contributed by atoms with Crippen LogP contribution in [0.4, 0.5) is 5.82 Å². The summed E-state index contributed by atoms with van der Waals surface area (Å²) < 4.78 is 0. The van der Waals surface area contributed by atoms with Gasteiger partial charge in [0.05, 0.1) is 0 Å². The molecule has 0 saturated heterocycles. The number of aryl methyl sites for hydroxylation is 1. The minimum atomic E-state index is -1.16. The van der Waals surface area contributed by atoms with Gasteiger partial charge in [-0.1, -0.05) is 17.7 Å². The first kappa shape index (κ1) is 13.1. The van der Waals surface area contributed by atoms with Gasteiger partial charge < -0.3 is 10.4 Å². The van der Waals surface area contributed by atoms with Gasteiger partial charge in [0.1, 0.15) is 5.56 Å². The summed E-state index contributed by atoms with van der Waals surface area (Å²) in [6.45, 7) is 1.56. The second kappa shape index (κ2) is 5.11. The summed E-state index contributed by atoms with van der Waals surface area (Å²) >= 11 is 5.78. The number of anilines is 1. The Morgan fingerprint density at radius 1 is 1.42 bits per heavy atom. The molecule has 1 aromatic carbocycles. The predicted octanol–water partition coefficient (Wildman–Crippen LogP) is 2.32. The summed E-state index contributed by atoms with van der Waals surface area (Å²) in [5, 5.41) is 18.2. The van der Waals surface area contributed by atoms with Crippen molar-refractivity contribution >= 4 is 29.3 Å². The van der Waals surface area contributed by atoms with E-state index in [2.05, 4.69) is 15.5 Å². The number of nitrogens with zero attached hydrogens (tertiary/aromatic N) is 1. The summed E-state index contributed by atoms with van der Waals surface area (Å²) in [6, 6.07) is 6.32. The predicted molar refractivity (Wildman–Crippen MR) is 69.7 cm³/mol. The Labute approximate surface area is 113 Å². The SMILES string of the molecule is Cc1[nH]nc(NC(=O)c2cccc(Cl)c2)c1C(=O)O. The number of aromatic nitrogens is 2. The van der Waals surface area contributed by atoms with Crippen LogP contribution < -0.4 is 5.32 Å². The third-order valence-corrected chi connectivity index (χ3v) is 2.71. The van der Waals surface area contributed by atoms with Crippen molar-refractivity contribution in [1.82, 2.24) is 10.2 Å². The van der Waals surface area contributed by atoms with Crippen LogP contribution in [0.15, 0.2) is 24.3 Å². The van der Waals surface area contributed by atoms with Crippen LogP contribution in [0.3, 0.4) is 0 Å². The van der Waals surface area contributed by atoms with E-state index in [1.807, 2.05) is 0 Å². The molecule has 3 N–H and O–H groups in total. The van der Waals surface area contributed by atoms with Gasteiger partial charge in [0.15, 0.2) is 5.82 Å². The molecule has 2 rings (SSSR count). The highest BCUT2D eigenvalue weighted by Gasteiger charge is 2.19. The molecule has 6 nitrogen and oxygen atoms in total. The number of hydrogen-bond donors (Lipinski definition) is 3. The fourth-order valence-corrected chi connectivity index (χ4v) is 1.78. The van der Waals surface area contributed by atoms with Crippen molar-refractivity contribution in [3.8, 4) is 0 Å². The molecule has 0 unspecified atom stereocenters. The van der Waals surface area contributed by atoms with Crippen molar-refractivity contribution in [3.05, 3.63) is 46.1 Å².